The second kappa shape index (κ2) is 13.1. The van der Waals surface area contributed by atoms with Crippen LogP contribution in [0.1, 0.15) is 53.4 Å². The number of ether oxygens (including phenoxy) is 1. The number of guanidine groups is 1. The van der Waals surface area contributed by atoms with E-state index in [1.165, 1.54) is 4.90 Å². The molecule has 1 aliphatic rings. The summed E-state index contributed by atoms with van der Waals surface area (Å²) in [5.74, 6) is 0.570. The molecule has 164 valence electrons. The lowest BCUT2D eigenvalue weighted by Crippen LogP contribution is -2.53. The maximum Gasteiger partial charge on any atom is 0.410 e. The molecule has 8 nitrogen and oxygen atoms in total. The van der Waals surface area contributed by atoms with E-state index in [1.54, 1.807) is 19.0 Å². The lowest BCUT2D eigenvalue weighted by molar-refractivity contribution is -0.127. The highest BCUT2D eigenvalue weighted by Crippen LogP contribution is 2.15. The van der Waals surface area contributed by atoms with Gasteiger partial charge in [-0.25, -0.2) is 9.79 Å². The van der Waals surface area contributed by atoms with Crippen LogP contribution in [-0.4, -0.2) is 79.7 Å². The van der Waals surface area contributed by atoms with Gasteiger partial charge in [0.2, 0.25) is 5.91 Å². The number of amides is 2. The Hall–Kier alpha value is -1.26. The summed E-state index contributed by atoms with van der Waals surface area (Å²) in [7, 11) is 3.44. The Morgan fingerprint density at radius 3 is 2.54 bits per heavy atom. The van der Waals surface area contributed by atoms with Crippen LogP contribution < -0.4 is 10.6 Å². The minimum Gasteiger partial charge on any atom is -0.444 e. The van der Waals surface area contributed by atoms with Gasteiger partial charge in [0.25, 0.3) is 0 Å². The first kappa shape index (κ1) is 26.7. The van der Waals surface area contributed by atoms with E-state index >= 15 is 0 Å². The van der Waals surface area contributed by atoms with Crippen LogP contribution in [0.2, 0.25) is 0 Å². The molecular formula is C19H38IN5O3. The molecule has 0 saturated carbocycles. The second-order valence-electron chi connectivity index (χ2n) is 8.14. The molecule has 0 aliphatic carbocycles. The van der Waals surface area contributed by atoms with Crippen molar-refractivity contribution < 1.29 is 14.3 Å². The summed E-state index contributed by atoms with van der Waals surface area (Å²) in [5, 5.41) is 6.65. The number of likely N-dealkylation sites (tertiary alicyclic amines) is 1. The fourth-order valence-electron chi connectivity index (χ4n) is 2.60. The summed E-state index contributed by atoms with van der Waals surface area (Å²) >= 11 is 0. The molecule has 1 aliphatic heterocycles. The standard InChI is InChI=1S/C19H37N5O3.HI/c1-7-8-11-20-17(21-13-16(25)23(5)6)22-15-10-9-12-24(14-15)18(26)27-19(2,3)4;/h15H,7-14H2,1-6H3,(H2,20,21,22);1H. The van der Waals surface area contributed by atoms with E-state index in [0.29, 0.717) is 19.0 Å². The Labute approximate surface area is 186 Å². The Bertz CT molecular complexity index is 520. The minimum atomic E-state index is -0.502. The second-order valence-corrected chi connectivity index (χ2v) is 8.14. The van der Waals surface area contributed by atoms with E-state index in [9.17, 15) is 9.59 Å². The van der Waals surface area contributed by atoms with Crippen molar-refractivity contribution in [3.63, 3.8) is 0 Å². The Kier molecular flexibility index (Phi) is 12.5. The van der Waals surface area contributed by atoms with Crippen molar-refractivity contribution in [2.24, 2.45) is 4.99 Å². The highest BCUT2D eigenvalue weighted by atomic mass is 127. The van der Waals surface area contributed by atoms with Crippen molar-refractivity contribution in [2.75, 3.05) is 40.3 Å². The predicted octanol–water partition coefficient (Wildman–Crippen LogP) is 2.43. The van der Waals surface area contributed by atoms with Crippen molar-refractivity contribution in [3.05, 3.63) is 0 Å². The van der Waals surface area contributed by atoms with Gasteiger partial charge < -0.3 is 25.2 Å². The van der Waals surface area contributed by atoms with Crippen LogP contribution in [-0.2, 0) is 9.53 Å². The van der Waals surface area contributed by atoms with Crippen molar-refractivity contribution in [1.82, 2.24) is 20.4 Å². The van der Waals surface area contributed by atoms with Crippen molar-refractivity contribution >= 4 is 41.9 Å². The predicted molar refractivity (Wildman–Crippen MR) is 123 cm³/mol. The Balaban J connectivity index is 0.00000729. The highest BCUT2D eigenvalue weighted by Gasteiger charge is 2.28. The third-order valence-corrected chi connectivity index (χ3v) is 4.11. The van der Waals surface area contributed by atoms with Gasteiger partial charge in [0, 0.05) is 39.8 Å². The molecule has 1 unspecified atom stereocenters. The number of halogens is 1. The summed E-state index contributed by atoms with van der Waals surface area (Å²) in [6.45, 7) is 9.88. The van der Waals surface area contributed by atoms with Gasteiger partial charge in [0.05, 0.1) is 0 Å². The number of rotatable bonds is 6. The molecule has 2 amide bonds. The third-order valence-electron chi connectivity index (χ3n) is 4.11. The smallest absolute Gasteiger partial charge is 0.410 e. The van der Waals surface area contributed by atoms with Crippen molar-refractivity contribution in [2.45, 2.75) is 65.0 Å². The number of hydrogen-bond acceptors (Lipinski definition) is 4. The summed E-state index contributed by atoms with van der Waals surface area (Å²) in [6.07, 6.45) is 3.66. The Morgan fingerprint density at radius 2 is 1.96 bits per heavy atom. The van der Waals surface area contributed by atoms with E-state index < -0.39 is 5.60 Å². The number of piperidine rings is 1. The van der Waals surface area contributed by atoms with Crippen LogP contribution in [0.3, 0.4) is 0 Å². The topological polar surface area (TPSA) is 86.3 Å². The van der Waals surface area contributed by atoms with Gasteiger partial charge in [-0.2, -0.15) is 0 Å². The number of unbranched alkanes of at least 4 members (excludes halogenated alkanes) is 1. The first-order valence-electron chi connectivity index (χ1n) is 9.85. The number of carbonyl (C=O) groups excluding carboxylic acids is 2. The monoisotopic (exact) mass is 511 g/mol. The molecule has 0 radical (unpaired) electrons. The van der Waals surface area contributed by atoms with Gasteiger partial charge >= 0.3 is 6.09 Å². The lowest BCUT2D eigenvalue weighted by atomic mass is 10.1. The minimum absolute atomic E-state index is 0. The Morgan fingerprint density at radius 1 is 1.29 bits per heavy atom. The van der Waals surface area contributed by atoms with E-state index in [-0.39, 0.29) is 48.6 Å². The van der Waals surface area contributed by atoms with Gasteiger partial charge in [-0.1, -0.05) is 13.3 Å². The zero-order chi connectivity index (χ0) is 20.4. The van der Waals surface area contributed by atoms with Gasteiger partial charge in [0.1, 0.15) is 12.1 Å². The summed E-state index contributed by atoms with van der Waals surface area (Å²) in [6, 6.07) is 0.0774. The quantitative estimate of drug-likeness (QED) is 0.248. The van der Waals surface area contributed by atoms with Crippen molar-refractivity contribution in [3.8, 4) is 0 Å². The molecule has 1 fully saturated rings. The number of hydrogen-bond donors (Lipinski definition) is 2. The number of nitrogens with zero attached hydrogens (tertiary/aromatic N) is 3. The number of aliphatic imine (C=N–C) groups is 1. The molecule has 0 aromatic carbocycles. The van der Waals surface area contributed by atoms with E-state index in [2.05, 4.69) is 22.5 Å². The van der Waals surface area contributed by atoms with Crippen LogP contribution in [0.25, 0.3) is 0 Å². The van der Waals surface area contributed by atoms with E-state index in [0.717, 1.165) is 32.2 Å². The molecular weight excluding hydrogens is 473 g/mol. The van der Waals surface area contributed by atoms with Crippen molar-refractivity contribution in [1.29, 1.82) is 0 Å². The van der Waals surface area contributed by atoms with Gasteiger partial charge in [-0.3, -0.25) is 4.79 Å². The van der Waals surface area contributed by atoms with E-state index in [4.69, 9.17) is 4.74 Å². The molecule has 1 heterocycles. The van der Waals surface area contributed by atoms with Crippen LogP contribution in [0.4, 0.5) is 4.79 Å². The van der Waals surface area contributed by atoms with Gasteiger partial charge in [0.15, 0.2) is 5.96 Å². The molecule has 9 heteroatoms. The number of carbonyl (C=O) groups is 2. The van der Waals surface area contributed by atoms with E-state index in [1.807, 2.05) is 20.8 Å². The summed E-state index contributed by atoms with van der Waals surface area (Å²) < 4.78 is 5.48. The largest absolute Gasteiger partial charge is 0.444 e. The van der Waals surface area contributed by atoms with Gasteiger partial charge in [-0.15, -0.1) is 24.0 Å². The molecule has 28 heavy (non-hydrogen) atoms. The summed E-state index contributed by atoms with van der Waals surface area (Å²) in [4.78, 5) is 31.8. The SMILES string of the molecule is CCCCNC(=NCC(=O)N(C)C)NC1CCCN(C(=O)OC(C)(C)C)C1.I. The molecule has 0 aromatic rings. The fourth-order valence-corrected chi connectivity index (χ4v) is 2.60. The maximum absolute atomic E-state index is 12.3. The molecule has 1 atom stereocenters. The fraction of sp³-hybridized carbons (Fsp3) is 0.842. The molecule has 0 aromatic heterocycles. The average molecular weight is 511 g/mol. The average Bonchev–Trinajstić information content (AvgIpc) is 2.58. The molecule has 0 spiro atoms. The van der Waals surface area contributed by atoms with Gasteiger partial charge in [-0.05, 0) is 40.0 Å². The zero-order valence-electron chi connectivity index (χ0n) is 18.2. The normalized spacial score (nSPS) is 17.4. The maximum atomic E-state index is 12.3. The summed E-state index contributed by atoms with van der Waals surface area (Å²) in [5.41, 5.74) is -0.502. The lowest BCUT2D eigenvalue weighted by Gasteiger charge is -2.35. The highest BCUT2D eigenvalue weighted by molar-refractivity contribution is 14.0. The first-order valence-corrected chi connectivity index (χ1v) is 9.85. The molecule has 1 rings (SSSR count). The number of likely N-dealkylation sites (N-methyl/N-ethyl adjacent to an activating group) is 1. The number of nitrogens with one attached hydrogen (secondary N) is 2. The zero-order valence-corrected chi connectivity index (χ0v) is 20.5. The van der Waals surface area contributed by atoms with Crippen LogP contribution in [0.5, 0.6) is 0 Å². The third kappa shape index (κ3) is 10.9. The molecule has 0 bridgehead atoms. The van der Waals surface area contributed by atoms with Crippen LogP contribution in [0.15, 0.2) is 4.99 Å². The molecule has 1 saturated heterocycles. The molecule has 2 N–H and O–H groups in total. The van der Waals surface area contributed by atoms with Crippen LogP contribution in [0, 0.1) is 0 Å². The van der Waals surface area contributed by atoms with Crippen LogP contribution >= 0.6 is 24.0 Å². The first-order chi connectivity index (χ1) is 12.6.